The molecule has 0 nitrogen and oxygen atoms in total. The van der Waals surface area contributed by atoms with E-state index in [0.717, 1.165) is 17.1 Å². The highest BCUT2D eigenvalue weighted by molar-refractivity contribution is 9.09. The molecule has 0 heterocycles. The number of hydrogen-bond donors (Lipinski definition) is 0. The van der Waals surface area contributed by atoms with Gasteiger partial charge in [0.25, 0.3) is 0 Å². The summed E-state index contributed by atoms with van der Waals surface area (Å²) in [5.41, 5.74) is 1.82. The van der Waals surface area contributed by atoms with Crippen LogP contribution >= 0.6 is 43.5 Å². The Hall–Kier alpha value is -0.380. The highest BCUT2D eigenvalue weighted by atomic mass is 79.9. The standard InChI is InChI=1S/C17H16Br2ClF/c18-11-17(12-19,9-13-5-2-1-3-6-13)10-14-7-4-8-15(20)16(14)21/h1-8H,9-12H2. The van der Waals surface area contributed by atoms with Gasteiger partial charge in [-0.15, -0.1) is 0 Å². The van der Waals surface area contributed by atoms with Gasteiger partial charge in [-0.2, -0.15) is 0 Å². The fourth-order valence-electron chi connectivity index (χ4n) is 2.41. The summed E-state index contributed by atoms with van der Waals surface area (Å²) in [5.74, 6) is -0.307. The highest BCUT2D eigenvalue weighted by Crippen LogP contribution is 2.34. The average molecular weight is 435 g/mol. The minimum Gasteiger partial charge on any atom is -0.205 e. The summed E-state index contributed by atoms with van der Waals surface area (Å²) in [6.45, 7) is 0. The van der Waals surface area contributed by atoms with Gasteiger partial charge in [-0.25, -0.2) is 4.39 Å². The van der Waals surface area contributed by atoms with Crippen molar-refractivity contribution in [3.05, 3.63) is 70.5 Å². The predicted molar refractivity (Wildman–Crippen MR) is 95.3 cm³/mol. The van der Waals surface area contributed by atoms with E-state index in [1.807, 2.05) is 24.3 Å². The minimum atomic E-state index is -0.307. The molecule has 0 aliphatic heterocycles. The Labute approximate surface area is 147 Å². The highest BCUT2D eigenvalue weighted by Gasteiger charge is 2.30. The van der Waals surface area contributed by atoms with Crippen molar-refractivity contribution in [3.8, 4) is 0 Å². The monoisotopic (exact) mass is 432 g/mol. The zero-order valence-electron chi connectivity index (χ0n) is 11.5. The molecule has 0 aromatic heterocycles. The van der Waals surface area contributed by atoms with Gasteiger partial charge in [-0.3, -0.25) is 0 Å². The van der Waals surface area contributed by atoms with Crippen molar-refractivity contribution < 1.29 is 4.39 Å². The largest absolute Gasteiger partial charge is 0.205 e. The molecule has 112 valence electrons. The van der Waals surface area contributed by atoms with Crippen LogP contribution in [0.1, 0.15) is 11.1 Å². The van der Waals surface area contributed by atoms with Gasteiger partial charge >= 0.3 is 0 Å². The molecule has 0 aliphatic rings. The van der Waals surface area contributed by atoms with Crippen LogP contribution in [0.25, 0.3) is 0 Å². The van der Waals surface area contributed by atoms with Crippen molar-refractivity contribution in [3.63, 3.8) is 0 Å². The van der Waals surface area contributed by atoms with E-state index in [4.69, 9.17) is 11.6 Å². The number of alkyl halides is 2. The van der Waals surface area contributed by atoms with Crippen LogP contribution in [0.2, 0.25) is 5.02 Å². The van der Waals surface area contributed by atoms with E-state index in [2.05, 4.69) is 44.0 Å². The molecule has 0 unspecified atom stereocenters. The summed E-state index contributed by atoms with van der Waals surface area (Å²) in [6.07, 6.45) is 1.50. The summed E-state index contributed by atoms with van der Waals surface area (Å²) in [6, 6.07) is 15.5. The third-order valence-electron chi connectivity index (χ3n) is 3.59. The molecule has 2 rings (SSSR count). The first-order chi connectivity index (χ1) is 10.1. The van der Waals surface area contributed by atoms with Crippen LogP contribution in [-0.4, -0.2) is 10.7 Å². The lowest BCUT2D eigenvalue weighted by Gasteiger charge is -2.30. The fraction of sp³-hybridized carbons (Fsp3) is 0.294. The summed E-state index contributed by atoms with van der Waals surface area (Å²) in [4.78, 5) is 0. The molecule has 0 aliphatic carbocycles. The van der Waals surface area contributed by atoms with Crippen molar-refractivity contribution in [1.82, 2.24) is 0 Å². The Morgan fingerprint density at radius 2 is 1.57 bits per heavy atom. The first-order valence-electron chi connectivity index (χ1n) is 6.69. The average Bonchev–Trinajstić information content (AvgIpc) is 2.52. The van der Waals surface area contributed by atoms with E-state index < -0.39 is 0 Å². The SMILES string of the molecule is Fc1c(Cl)cccc1CC(CBr)(CBr)Cc1ccccc1. The smallest absolute Gasteiger partial charge is 0.144 e. The molecule has 0 fully saturated rings. The second-order valence-electron chi connectivity index (χ2n) is 5.32. The van der Waals surface area contributed by atoms with E-state index in [0.29, 0.717) is 12.0 Å². The fourth-order valence-corrected chi connectivity index (χ4v) is 4.32. The van der Waals surface area contributed by atoms with E-state index in [9.17, 15) is 4.39 Å². The summed E-state index contributed by atoms with van der Waals surface area (Å²) >= 11 is 13.1. The van der Waals surface area contributed by atoms with Crippen molar-refractivity contribution in [1.29, 1.82) is 0 Å². The van der Waals surface area contributed by atoms with E-state index >= 15 is 0 Å². The molecule has 0 N–H and O–H groups in total. The molecule has 0 spiro atoms. The Kier molecular flexibility index (Phi) is 6.27. The third kappa shape index (κ3) is 4.30. The van der Waals surface area contributed by atoms with Gasteiger partial charge in [0.15, 0.2) is 0 Å². The van der Waals surface area contributed by atoms with Gasteiger partial charge < -0.3 is 0 Å². The summed E-state index contributed by atoms with van der Waals surface area (Å²) < 4.78 is 14.2. The molecule has 2 aromatic rings. The Morgan fingerprint density at radius 3 is 2.19 bits per heavy atom. The van der Waals surface area contributed by atoms with Gasteiger partial charge in [-0.05, 0) is 35.4 Å². The van der Waals surface area contributed by atoms with Crippen molar-refractivity contribution in [2.75, 3.05) is 10.7 Å². The number of benzene rings is 2. The Morgan fingerprint density at radius 1 is 0.905 bits per heavy atom. The Balaban J connectivity index is 2.27. The molecule has 21 heavy (non-hydrogen) atoms. The second kappa shape index (κ2) is 7.75. The van der Waals surface area contributed by atoms with Crippen LogP contribution in [0, 0.1) is 11.2 Å². The molecule has 0 amide bonds. The lowest BCUT2D eigenvalue weighted by atomic mass is 9.80. The number of hydrogen-bond acceptors (Lipinski definition) is 0. The summed E-state index contributed by atoms with van der Waals surface area (Å²) in [7, 11) is 0. The maximum Gasteiger partial charge on any atom is 0.144 e. The van der Waals surface area contributed by atoms with Crippen LogP contribution in [0.15, 0.2) is 48.5 Å². The molecule has 4 heteroatoms. The van der Waals surface area contributed by atoms with Crippen LogP contribution in [0.3, 0.4) is 0 Å². The maximum absolute atomic E-state index is 14.2. The number of rotatable bonds is 6. The summed E-state index contributed by atoms with van der Waals surface area (Å²) in [5, 5.41) is 1.75. The van der Waals surface area contributed by atoms with Crippen molar-refractivity contribution in [2.45, 2.75) is 12.8 Å². The lowest BCUT2D eigenvalue weighted by Crippen LogP contribution is -2.31. The maximum atomic E-state index is 14.2. The second-order valence-corrected chi connectivity index (χ2v) is 6.85. The Bertz CT molecular complexity index is 583. The van der Waals surface area contributed by atoms with Crippen LogP contribution < -0.4 is 0 Å². The third-order valence-corrected chi connectivity index (χ3v) is 6.26. The van der Waals surface area contributed by atoms with Crippen molar-refractivity contribution in [2.24, 2.45) is 5.41 Å². The van der Waals surface area contributed by atoms with Gasteiger partial charge in [0.2, 0.25) is 0 Å². The number of halogens is 4. The van der Waals surface area contributed by atoms with Gasteiger partial charge in [-0.1, -0.05) is 85.9 Å². The molecule has 0 atom stereocenters. The van der Waals surface area contributed by atoms with Crippen LogP contribution in [-0.2, 0) is 12.8 Å². The predicted octanol–water partition coefficient (Wildman–Crippen LogP) is 6.04. The topological polar surface area (TPSA) is 0 Å². The van der Waals surface area contributed by atoms with Gasteiger partial charge in [0.05, 0.1) is 5.02 Å². The molecule has 2 aromatic carbocycles. The van der Waals surface area contributed by atoms with Crippen LogP contribution in [0.4, 0.5) is 4.39 Å². The first kappa shape index (κ1) is 17.0. The van der Waals surface area contributed by atoms with Crippen LogP contribution in [0.5, 0.6) is 0 Å². The molecule has 0 saturated carbocycles. The van der Waals surface area contributed by atoms with E-state index in [1.54, 1.807) is 12.1 Å². The van der Waals surface area contributed by atoms with Gasteiger partial charge in [0.1, 0.15) is 5.82 Å². The van der Waals surface area contributed by atoms with E-state index in [1.165, 1.54) is 5.56 Å². The van der Waals surface area contributed by atoms with Gasteiger partial charge in [0, 0.05) is 10.7 Å². The van der Waals surface area contributed by atoms with Crippen molar-refractivity contribution >= 4 is 43.5 Å². The molecule has 0 bridgehead atoms. The first-order valence-corrected chi connectivity index (χ1v) is 9.31. The zero-order chi connectivity index (χ0) is 15.3. The molecule has 0 saturated heterocycles. The molecular formula is C17H16Br2ClF. The minimum absolute atomic E-state index is 0.0904. The molecule has 0 radical (unpaired) electrons. The molecular weight excluding hydrogens is 418 g/mol. The zero-order valence-corrected chi connectivity index (χ0v) is 15.4. The lowest BCUT2D eigenvalue weighted by molar-refractivity contribution is 0.379. The normalized spacial score (nSPS) is 11.6. The quantitative estimate of drug-likeness (QED) is 0.486. The van der Waals surface area contributed by atoms with E-state index in [-0.39, 0.29) is 16.3 Å².